The van der Waals surface area contributed by atoms with Crippen LogP contribution in [0.5, 0.6) is 0 Å². The van der Waals surface area contributed by atoms with Crippen LogP contribution in [0.3, 0.4) is 0 Å². The molecule has 1 saturated carbocycles. The molecule has 0 bridgehead atoms. The van der Waals surface area contributed by atoms with E-state index >= 15 is 0 Å². The third-order valence-electron chi connectivity index (χ3n) is 4.40. The second kappa shape index (κ2) is 7.74. The van der Waals surface area contributed by atoms with Crippen LogP contribution in [0.4, 0.5) is 21.9 Å². The van der Waals surface area contributed by atoms with E-state index in [4.69, 9.17) is 5.11 Å². The van der Waals surface area contributed by atoms with Gasteiger partial charge >= 0.3 is 6.09 Å². The fraction of sp³-hybridized carbons (Fsp3) is 0.412. The van der Waals surface area contributed by atoms with Crippen LogP contribution in [0, 0.1) is 11.3 Å². The average Bonchev–Trinajstić information content (AvgIpc) is 3.01. The normalized spacial score (nSPS) is 19.4. The number of amides is 1. The number of hydrogen-bond donors (Lipinski definition) is 4. The Labute approximate surface area is 151 Å². The van der Waals surface area contributed by atoms with Crippen molar-refractivity contribution in [2.24, 2.45) is 7.05 Å². The zero-order valence-corrected chi connectivity index (χ0v) is 14.4. The van der Waals surface area contributed by atoms with Crippen LogP contribution in [0.25, 0.3) is 0 Å². The van der Waals surface area contributed by atoms with Crippen molar-refractivity contribution in [3.63, 3.8) is 0 Å². The molecule has 2 heterocycles. The van der Waals surface area contributed by atoms with Gasteiger partial charge in [-0.05, 0) is 18.9 Å². The number of pyridine rings is 1. The van der Waals surface area contributed by atoms with E-state index in [2.05, 4.69) is 32.1 Å². The van der Waals surface area contributed by atoms with Crippen molar-refractivity contribution in [1.29, 1.82) is 5.26 Å². The number of hydrogen-bond acceptors (Lipinski definition) is 6. The molecule has 0 spiro atoms. The lowest BCUT2D eigenvalue weighted by Gasteiger charge is -2.32. The molecule has 136 valence electrons. The van der Waals surface area contributed by atoms with Gasteiger partial charge in [0.25, 0.3) is 0 Å². The topological polar surface area (TPSA) is 128 Å². The number of carbonyl (C=O) groups is 1. The Kier molecular flexibility index (Phi) is 5.22. The van der Waals surface area contributed by atoms with Crippen LogP contribution in [0.2, 0.25) is 0 Å². The van der Waals surface area contributed by atoms with Gasteiger partial charge in [0.15, 0.2) is 5.69 Å². The fourth-order valence-electron chi connectivity index (χ4n) is 3.22. The Morgan fingerprint density at radius 2 is 2.08 bits per heavy atom. The SMILES string of the molecule is Cn1cc(Nc2cc(NC3CCCCC3NC(=O)O)cnc2C#N)cn1. The van der Waals surface area contributed by atoms with E-state index in [0.29, 0.717) is 5.69 Å². The molecule has 2 atom stereocenters. The standard InChI is InChI=1S/C17H21N7O2/c1-24-10-12(9-20-24)22-15-6-11(8-19-16(15)7-18)21-13-4-2-3-5-14(13)23-17(25)26/h6,8-10,13-14,21-23H,2-5H2,1H3,(H,25,26). The number of nitrogens with zero attached hydrogens (tertiary/aromatic N) is 4. The van der Waals surface area contributed by atoms with E-state index in [1.54, 1.807) is 23.3 Å². The minimum atomic E-state index is -1.01. The molecule has 2 aromatic heterocycles. The summed E-state index contributed by atoms with van der Waals surface area (Å²) in [7, 11) is 1.81. The number of aryl methyl sites for hydroxylation is 1. The molecule has 0 aliphatic heterocycles. The number of aromatic nitrogens is 3. The molecular weight excluding hydrogens is 334 g/mol. The Bertz CT molecular complexity index is 827. The first-order chi connectivity index (χ1) is 12.5. The quantitative estimate of drug-likeness (QED) is 0.648. The van der Waals surface area contributed by atoms with E-state index in [1.807, 2.05) is 13.1 Å². The maximum atomic E-state index is 11.0. The van der Waals surface area contributed by atoms with E-state index in [9.17, 15) is 10.1 Å². The highest BCUT2D eigenvalue weighted by Crippen LogP contribution is 2.26. The molecule has 0 saturated heterocycles. The van der Waals surface area contributed by atoms with Crippen LogP contribution in [0.1, 0.15) is 31.4 Å². The highest BCUT2D eigenvalue weighted by atomic mass is 16.4. The van der Waals surface area contributed by atoms with Gasteiger partial charge in [0.05, 0.1) is 35.5 Å². The lowest BCUT2D eigenvalue weighted by atomic mass is 9.90. The van der Waals surface area contributed by atoms with Gasteiger partial charge in [-0.2, -0.15) is 10.4 Å². The second-order valence-electron chi connectivity index (χ2n) is 6.35. The summed E-state index contributed by atoms with van der Waals surface area (Å²) in [6.45, 7) is 0. The van der Waals surface area contributed by atoms with Crippen LogP contribution >= 0.6 is 0 Å². The molecule has 26 heavy (non-hydrogen) atoms. The van der Waals surface area contributed by atoms with Crippen LogP contribution < -0.4 is 16.0 Å². The lowest BCUT2D eigenvalue weighted by Crippen LogP contribution is -2.48. The van der Waals surface area contributed by atoms with E-state index in [-0.39, 0.29) is 17.8 Å². The van der Waals surface area contributed by atoms with Gasteiger partial charge in [-0.3, -0.25) is 4.68 Å². The van der Waals surface area contributed by atoms with Crippen molar-refractivity contribution >= 4 is 23.2 Å². The first-order valence-corrected chi connectivity index (χ1v) is 8.47. The maximum Gasteiger partial charge on any atom is 0.404 e. The largest absolute Gasteiger partial charge is 0.465 e. The van der Waals surface area contributed by atoms with Gasteiger partial charge < -0.3 is 21.1 Å². The first-order valence-electron chi connectivity index (χ1n) is 8.47. The van der Waals surface area contributed by atoms with Crippen molar-refractivity contribution in [1.82, 2.24) is 20.1 Å². The molecule has 1 aliphatic rings. The maximum absolute atomic E-state index is 11.0. The molecule has 2 unspecified atom stereocenters. The van der Waals surface area contributed by atoms with Crippen molar-refractivity contribution in [3.05, 3.63) is 30.4 Å². The zero-order valence-electron chi connectivity index (χ0n) is 14.4. The highest BCUT2D eigenvalue weighted by molar-refractivity contribution is 5.68. The van der Waals surface area contributed by atoms with Crippen molar-refractivity contribution in [2.45, 2.75) is 37.8 Å². The number of nitriles is 1. The van der Waals surface area contributed by atoms with Gasteiger partial charge in [-0.1, -0.05) is 12.8 Å². The molecule has 1 fully saturated rings. The lowest BCUT2D eigenvalue weighted by molar-refractivity contribution is 0.184. The van der Waals surface area contributed by atoms with E-state index in [0.717, 1.165) is 37.1 Å². The van der Waals surface area contributed by atoms with Crippen LogP contribution in [-0.2, 0) is 7.05 Å². The molecule has 0 aromatic carbocycles. The van der Waals surface area contributed by atoms with Crippen LogP contribution in [0.15, 0.2) is 24.7 Å². The number of carboxylic acid groups (broad SMARTS) is 1. The molecule has 3 rings (SSSR count). The summed E-state index contributed by atoms with van der Waals surface area (Å²) in [6, 6.07) is 3.72. The number of rotatable bonds is 5. The molecule has 4 N–H and O–H groups in total. The van der Waals surface area contributed by atoms with E-state index in [1.165, 1.54) is 0 Å². The Morgan fingerprint density at radius 3 is 2.73 bits per heavy atom. The summed E-state index contributed by atoms with van der Waals surface area (Å²) in [5, 5.41) is 31.5. The predicted octanol–water partition coefficient (Wildman–Crippen LogP) is 2.42. The monoisotopic (exact) mass is 355 g/mol. The van der Waals surface area contributed by atoms with Gasteiger partial charge in [-0.15, -0.1) is 0 Å². The molecule has 9 nitrogen and oxygen atoms in total. The third-order valence-corrected chi connectivity index (χ3v) is 4.40. The summed E-state index contributed by atoms with van der Waals surface area (Å²) < 4.78 is 1.66. The smallest absolute Gasteiger partial charge is 0.404 e. The summed E-state index contributed by atoms with van der Waals surface area (Å²) in [6.07, 6.45) is 7.76. The number of nitrogens with one attached hydrogen (secondary N) is 3. The first kappa shape index (κ1) is 17.5. The Balaban J connectivity index is 1.78. The van der Waals surface area contributed by atoms with Gasteiger partial charge in [0, 0.05) is 19.3 Å². The minimum Gasteiger partial charge on any atom is -0.465 e. The van der Waals surface area contributed by atoms with Crippen molar-refractivity contribution in [3.8, 4) is 6.07 Å². The molecule has 9 heteroatoms. The predicted molar refractivity (Wildman–Crippen MR) is 96.3 cm³/mol. The summed E-state index contributed by atoms with van der Waals surface area (Å²) in [5.41, 5.74) is 2.35. The molecule has 2 aromatic rings. The minimum absolute atomic E-state index is 0.0131. The van der Waals surface area contributed by atoms with Crippen LogP contribution in [-0.4, -0.2) is 38.0 Å². The zero-order chi connectivity index (χ0) is 18.5. The molecule has 0 radical (unpaired) electrons. The summed E-state index contributed by atoms with van der Waals surface area (Å²) >= 11 is 0. The summed E-state index contributed by atoms with van der Waals surface area (Å²) in [4.78, 5) is 15.2. The van der Waals surface area contributed by atoms with Crippen molar-refractivity contribution in [2.75, 3.05) is 10.6 Å². The summed E-state index contributed by atoms with van der Waals surface area (Å²) in [5.74, 6) is 0. The average molecular weight is 355 g/mol. The third kappa shape index (κ3) is 4.22. The molecular formula is C17H21N7O2. The fourth-order valence-corrected chi connectivity index (χ4v) is 3.22. The van der Waals surface area contributed by atoms with Gasteiger partial charge in [0.1, 0.15) is 6.07 Å². The van der Waals surface area contributed by atoms with Gasteiger partial charge in [0.2, 0.25) is 0 Å². The molecule has 1 aliphatic carbocycles. The highest BCUT2D eigenvalue weighted by Gasteiger charge is 2.26. The Morgan fingerprint density at radius 1 is 1.31 bits per heavy atom. The Hall–Kier alpha value is -3.28. The van der Waals surface area contributed by atoms with Gasteiger partial charge in [-0.25, -0.2) is 9.78 Å². The van der Waals surface area contributed by atoms with Crippen molar-refractivity contribution < 1.29 is 9.90 Å². The van der Waals surface area contributed by atoms with E-state index < -0.39 is 6.09 Å². The second-order valence-corrected chi connectivity index (χ2v) is 6.35. The number of anilines is 3. The molecule has 1 amide bonds.